The number of nitrogens with zero attached hydrogens (tertiary/aromatic N) is 2. The molecule has 5 nitrogen and oxygen atoms in total. The van der Waals surface area contributed by atoms with E-state index in [0.717, 1.165) is 32.6 Å². The number of anilines is 1. The molecule has 1 saturated heterocycles. The van der Waals surface area contributed by atoms with E-state index in [2.05, 4.69) is 29.2 Å². The summed E-state index contributed by atoms with van der Waals surface area (Å²) in [5, 5.41) is 0. The number of rotatable bonds is 6. The molecular weight excluding hydrogens is 280 g/mol. The number of benzene rings is 1. The van der Waals surface area contributed by atoms with Crippen LogP contribution in [0.2, 0.25) is 0 Å². The van der Waals surface area contributed by atoms with E-state index in [1.165, 1.54) is 5.69 Å². The topological polar surface area (TPSA) is 42.0 Å². The number of para-hydroxylation sites is 1. The van der Waals surface area contributed by atoms with Gasteiger partial charge in [0.2, 0.25) is 0 Å². The maximum atomic E-state index is 12.4. The van der Waals surface area contributed by atoms with Gasteiger partial charge in [0, 0.05) is 39.0 Å². The lowest BCUT2D eigenvalue weighted by Gasteiger charge is -2.25. The first-order valence-corrected chi connectivity index (χ1v) is 7.91. The maximum absolute atomic E-state index is 12.4. The van der Waals surface area contributed by atoms with Gasteiger partial charge in [-0.3, -0.25) is 4.79 Å². The number of carbonyl (C=O) groups excluding carboxylic acids is 1. The van der Waals surface area contributed by atoms with Gasteiger partial charge in [-0.05, 0) is 25.5 Å². The standard InChI is InChI=1S/C17H26N2O3/c1-15(22-14-13-21-2)17(20)19-10-6-9-18(11-12-19)16-7-4-3-5-8-16/h3-5,7-8,15H,6,9-14H2,1-2H3. The number of ether oxygens (including phenoxy) is 2. The van der Waals surface area contributed by atoms with Crippen molar-refractivity contribution in [3.63, 3.8) is 0 Å². The Kier molecular flexibility index (Phi) is 6.68. The molecule has 0 bridgehead atoms. The molecule has 0 saturated carbocycles. The van der Waals surface area contributed by atoms with Crippen LogP contribution in [0.15, 0.2) is 30.3 Å². The fourth-order valence-corrected chi connectivity index (χ4v) is 2.67. The Morgan fingerprint density at radius 1 is 1.14 bits per heavy atom. The number of carbonyl (C=O) groups is 1. The molecule has 5 heteroatoms. The highest BCUT2D eigenvalue weighted by Crippen LogP contribution is 2.16. The third kappa shape index (κ3) is 4.71. The molecular formula is C17H26N2O3. The highest BCUT2D eigenvalue weighted by Gasteiger charge is 2.23. The lowest BCUT2D eigenvalue weighted by Crippen LogP contribution is -2.41. The predicted molar refractivity (Wildman–Crippen MR) is 87.1 cm³/mol. The molecule has 22 heavy (non-hydrogen) atoms. The van der Waals surface area contributed by atoms with Gasteiger partial charge < -0.3 is 19.3 Å². The Balaban J connectivity index is 1.85. The van der Waals surface area contributed by atoms with Crippen molar-refractivity contribution in [2.24, 2.45) is 0 Å². The first kappa shape index (κ1) is 16.8. The van der Waals surface area contributed by atoms with Crippen molar-refractivity contribution in [3.05, 3.63) is 30.3 Å². The first-order chi connectivity index (χ1) is 10.7. The number of amides is 1. The summed E-state index contributed by atoms with van der Waals surface area (Å²) in [6.45, 7) is 6.16. The van der Waals surface area contributed by atoms with Crippen LogP contribution in [0, 0.1) is 0 Å². The molecule has 0 N–H and O–H groups in total. The van der Waals surface area contributed by atoms with Crippen molar-refractivity contribution in [1.29, 1.82) is 0 Å². The molecule has 122 valence electrons. The summed E-state index contributed by atoms with van der Waals surface area (Å²) < 4.78 is 10.5. The second-order valence-electron chi connectivity index (χ2n) is 5.51. The van der Waals surface area contributed by atoms with Crippen LogP contribution >= 0.6 is 0 Å². The van der Waals surface area contributed by atoms with Gasteiger partial charge in [-0.2, -0.15) is 0 Å². The van der Waals surface area contributed by atoms with Crippen molar-refractivity contribution < 1.29 is 14.3 Å². The lowest BCUT2D eigenvalue weighted by molar-refractivity contribution is -0.143. The second-order valence-corrected chi connectivity index (χ2v) is 5.51. The number of hydrogen-bond donors (Lipinski definition) is 0. The normalized spacial score (nSPS) is 17.2. The Hall–Kier alpha value is -1.59. The fourth-order valence-electron chi connectivity index (χ4n) is 2.67. The zero-order valence-corrected chi connectivity index (χ0v) is 13.5. The number of methoxy groups -OCH3 is 1. The highest BCUT2D eigenvalue weighted by molar-refractivity contribution is 5.80. The Labute approximate surface area is 132 Å². The third-order valence-corrected chi connectivity index (χ3v) is 3.93. The van der Waals surface area contributed by atoms with Crippen LogP contribution in [0.3, 0.4) is 0 Å². The molecule has 1 unspecified atom stereocenters. The average molecular weight is 306 g/mol. The summed E-state index contributed by atoms with van der Waals surface area (Å²) in [5.41, 5.74) is 1.22. The minimum atomic E-state index is -0.404. The van der Waals surface area contributed by atoms with Crippen LogP contribution in [-0.2, 0) is 14.3 Å². The van der Waals surface area contributed by atoms with Gasteiger partial charge >= 0.3 is 0 Å². The van der Waals surface area contributed by atoms with E-state index in [1.807, 2.05) is 17.9 Å². The van der Waals surface area contributed by atoms with Crippen molar-refractivity contribution in [2.75, 3.05) is 51.4 Å². The fraction of sp³-hybridized carbons (Fsp3) is 0.588. The van der Waals surface area contributed by atoms with Crippen LogP contribution < -0.4 is 4.90 Å². The zero-order chi connectivity index (χ0) is 15.8. The SMILES string of the molecule is COCCOC(C)C(=O)N1CCCN(c2ccccc2)CC1. The predicted octanol–water partition coefficient (Wildman–Crippen LogP) is 1.78. The van der Waals surface area contributed by atoms with Gasteiger partial charge in [-0.25, -0.2) is 0 Å². The average Bonchev–Trinajstić information content (AvgIpc) is 2.81. The largest absolute Gasteiger partial charge is 0.382 e. The van der Waals surface area contributed by atoms with Crippen LogP contribution in [0.1, 0.15) is 13.3 Å². The molecule has 0 spiro atoms. The maximum Gasteiger partial charge on any atom is 0.251 e. The lowest BCUT2D eigenvalue weighted by atomic mass is 10.3. The highest BCUT2D eigenvalue weighted by atomic mass is 16.5. The van der Waals surface area contributed by atoms with E-state index in [0.29, 0.717) is 13.2 Å². The van der Waals surface area contributed by atoms with Gasteiger partial charge in [0.15, 0.2) is 0 Å². The molecule has 1 atom stereocenters. The molecule has 0 radical (unpaired) electrons. The smallest absolute Gasteiger partial charge is 0.251 e. The van der Waals surface area contributed by atoms with Gasteiger partial charge in [0.25, 0.3) is 5.91 Å². The van der Waals surface area contributed by atoms with E-state index < -0.39 is 6.10 Å². The monoisotopic (exact) mass is 306 g/mol. The Morgan fingerprint density at radius 2 is 1.91 bits per heavy atom. The van der Waals surface area contributed by atoms with E-state index in [9.17, 15) is 4.79 Å². The molecule has 1 aliphatic heterocycles. The summed E-state index contributed by atoms with van der Waals surface area (Å²) in [4.78, 5) is 16.7. The van der Waals surface area contributed by atoms with Crippen molar-refractivity contribution >= 4 is 11.6 Å². The van der Waals surface area contributed by atoms with Crippen molar-refractivity contribution in [2.45, 2.75) is 19.4 Å². The van der Waals surface area contributed by atoms with Crippen LogP contribution in [-0.4, -0.2) is 63.4 Å². The van der Waals surface area contributed by atoms with Crippen LogP contribution in [0.25, 0.3) is 0 Å². The first-order valence-electron chi connectivity index (χ1n) is 7.91. The van der Waals surface area contributed by atoms with Crippen LogP contribution in [0.5, 0.6) is 0 Å². The number of hydrogen-bond acceptors (Lipinski definition) is 4. The summed E-state index contributed by atoms with van der Waals surface area (Å²) in [7, 11) is 1.63. The molecule has 1 aromatic rings. The van der Waals surface area contributed by atoms with Crippen molar-refractivity contribution in [3.8, 4) is 0 Å². The minimum absolute atomic E-state index is 0.0750. The molecule has 2 rings (SSSR count). The van der Waals surface area contributed by atoms with Gasteiger partial charge in [0.1, 0.15) is 6.10 Å². The summed E-state index contributed by atoms with van der Waals surface area (Å²) in [6.07, 6.45) is 0.573. The Morgan fingerprint density at radius 3 is 2.64 bits per heavy atom. The molecule has 1 amide bonds. The van der Waals surface area contributed by atoms with Crippen molar-refractivity contribution in [1.82, 2.24) is 4.90 Å². The molecule has 1 heterocycles. The molecule has 0 aromatic heterocycles. The third-order valence-electron chi connectivity index (χ3n) is 3.93. The van der Waals surface area contributed by atoms with Gasteiger partial charge in [-0.1, -0.05) is 18.2 Å². The second kappa shape index (κ2) is 8.76. The summed E-state index contributed by atoms with van der Waals surface area (Å²) in [6, 6.07) is 10.4. The molecule has 1 aliphatic rings. The van der Waals surface area contributed by atoms with E-state index in [4.69, 9.17) is 9.47 Å². The van der Waals surface area contributed by atoms with E-state index >= 15 is 0 Å². The molecule has 0 aliphatic carbocycles. The van der Waals surface area contributed by atoms with Gasteiger partial charge in [-0.15, -0.1) is 0 Å². The molecule has 1 aromatic carbocycles. The molecule has 1 fully saturated rings. The minimum Gasteiger partial charge on any atom is -0.382 e. The summed E-state index contributed by atoms with van der Waals surface area (Å²) >= 11 is 0. The van der Waals surface area contributed by atoms with E-state index in [-0.39, 0.29) is 5.91 Å². The quantitative estimate of drug-likeness (QED) is 0.751. The van der Waals surface area contributed by atoms with E-state index in [1.54, 1.807) is 7.11 Å². The van der Waals surface area contributed by atoms with Crippen LogP contribution in [0.4, 0.5) is 5.69 Å². The Bertz CT molecular complexity index is 452. The summed E-state index contributed by atoms with van der Waals surface area (Å²) in [5.74, 6) is 0.0750. The zero-order valence-electron chi connectivity index (χ0n) is 13.5. The van der Waals surface area contributed by atoms with Gasteiger partial charge in [0.05, 0.1) is 13.2 Å².